The number of aromatic amines is 1. The number of benzene rings is 3. The minimum atomic E-state index is -1.29. The molecule has 0 saturated carbocycles. The smallest absolute Gasteiger partial charge is 0.258 e. The molecule has 0 bridgehead atoms. The molecule has 7 rings (SSSR count). The molecule has 3 aromatic heterocycles. The van der Waals surface area contributed by atoms with Crippen molar-refractivity contribution in [1.29, 1.82) is 0 Å². The Morgan fingerprint density at radius 2 is 1.40 bits per heavy atom. The molecule has 1 unspecified atom stereocenters. The van der Waals surface area contributed by atoms with Crippen LogP contribution in [0.15, 0.2) is 94.0 Å². The topological polar surface area (TPSA) is 115 Å². The summed E-state index contributed by atoms with van der Waals surface area (Å²) < 4.78 is 0. The van der Waals surface area contributed by atoms with Crippen molar-refractivity contribution in [2.75, 3.05) is 0 Å². The lowest BCUT2D eigenvalue weighted by Gasteiger charge is -2.27. The van der Waals surface area contributed by atoms with Gasteiger partial charge in [0.2, 0.25) is 0 Å². The molecule has 206 valence electrons. The standard InChI is InChI=1S/C31H19Cl2N5O2S2/c32-18-9-5-16(6-10-18)22-14-41-28(35-22)25-24(39)13-31(26(25)34,29-36-21-4-2-1-3-20(21)27(40)38-29)30-37-23(15-42-30)17-7-11-19(33)12-8-17/h1-12,14-15H,13,34H2,(H,36,38,40). The maximum absolute atomic E-state index is 13.9. The van der Waals surface area contributed by atoms with E-state index in [-0.39, 0.29) is 29.3 Å². The third-order valence-corrected chi connectivity index (χ3v) is 9.69. The van der Waals surface area contributed by atoms with Crippen molar-refractivity contribution in [3.8, 4) is 22.5 Å². The fourth-order valence-electron chi connectivity index (χ4n) is 5.18. The predicted octanol–water partition coefficient (Wildman–Crippen LogP) is 7.11. The summed E-state index contributed by atoms with van der Waals surface area (Å²) in [7, 11) is 0. The second-order valence-electron chi connectivity index (χ2n) is 9.82. The van der Waals surface area contributed by atoms with Crippen LogP contribution in [0.25, 0.3) is 39.0 Å². The van der Waals surface area contributed by atoms with Crippen LogP contribution in [0.3, 0.4) is 0 Å². The largest absolute Gasteiger partial charge is 0.400 e. The number of thiazole rings is 2. The normalized spacial score (nSPS) is 17.0. The number of aromatic nitrogens is 4. The van der Waals surface area contributed by atoms with E-state index in [4.69, 9.17) is 43.9 Å². The summed E-state index contributed by atoms with van der Waals surface area (Å²) in [5.41, 5.74) is 9.53. The number of nitrogens with one attached hydrogen (secondary N) is 1. The number of rotatable bonds is 5. The van der Waals surface area contributed by atoms with Crippen molar-refractivity contribution in [3.63, 3.8) is 0 Å². The first-order chi connectivity index (χ1) is 20.3. The number of allylic oxidation sites excluding steroid dienone is 2. The lowest BCUT2D eigenvalue weighted by molar-refractivity contribution is -0.113. The van der Waals surface area contributed by atoms with Crippen LogP contribution in [0.4, 0.5) is 0 Å². The van der Waals surface area contributed by atoms with E-state index in [0.717, 1.165) is 11.1 Å². The maximum Gasteiger partial charge on any atom is 0.258 e. The van der Waals surface area contributed by atoms with E-state index in [1.54, 1.807) is 42.5 Å². The van der Waals surface area contributed by atoms with Gasteiger partial charge in [0.15, 0.2) is 5.78 Å². The highest BCUT2D eigenvalue weighted by atomic mass is 35.5. The van der Waals surface area contributed by atoms with Gasteiger partial charge in [0, 0.05) is 44.1 Å². The predicted molar refractivity (Wildman–Crippen MR) is 169 cm³/mol. The van der Waals surface area contributed by atoms with Crippen molar-refractivity contribution < 1.29 is 4.79 Å². The molecule has 0 amide bonds. The Labute approximate surface area is 257 Å². The Balaban J connectivity index is 1.43. The molecule has 3 aromatic carbocycles. The first-order valence-corrected chi connectivity index (χ1v) is 15.3. The Morgan fingerprint density at radius 1 is 0.786 bits per heavy atom. The van der Waals surface area contributed by atoms with Gasteiger partial charge in [0.1, 0.15) is 21.3 Å². The van der Waals surface area contributed by atoms with Crippen molar-refractivity contribution in [3.05, 3.63) is 125 Å². The quantitative estimate of drug-likeness (QED) is 0.210. The van der Waals surface area contributed by atoms with Gasteiger partial charge in [-0.15, -0.1) is 22.7 Å². The van der Waals surface area contributed by atoms with E-state index < -0.39 is 5.41 Å². The molecular weight excluding hydrogens is 609 g/mol. The van der Waals surface area contributed by atoms with Gasteiger partial charge in [-0.05, 0) is 36.4 Å². The van der Waals surface area contributed by atoms with Gasteiger partial charge in [-0.3, -0.25) is 9.59 Å². The summed E-state index contributed by atoms with van der Waals surface area (Å²) in [5, 5.41) is 6.49. The van der Waals surface area contributed by atoms with Gasteiger partial charge >= 0.3 is 0 Å². The highest BCUT2D eigenvalue weighted by Crippen LogP contribution is 2.50. The minimum Gasteiger partial charge on any atom is -0.400 e. The van der Waals surface area contributed by atoms with Crippen molar-refractivity contribution >= 4 is 68.1 Å². The van der Waals surface area contributed by atoms with Crippen LogP contribution < -0.4 is 11.3 Å². The number of para-hydroxylation sites is 1. The number of Topliss-reactive ketones (excluding diaryl/α,β-unsaturated/α-hetero) is 1. The number of carbonyl (C=O) groups excluding carboxylic acids is 1. The van der Waals surface area contributed by atoms with Gasteiger partial charge in [-0.1, -0.05) is 59.6 Å². The zero-order chi connectivity index (χ0) is 29.0. The van der Waals surface area contributed by atoms with Crippen LogP contribution in [0.1, 0.15) is 22.3 Å². The van der Waals surface area contributed by atoms with E-state index in [0.29, 0.717) is 47.9 Å². The van der Waals surface area contributed by atoms with Crippen LogP contribution in [0.2, 0.25) is 10.0 Å². The average Bonchev–Trinajstić information content (AvgIpc) is 3.73. The molecule has 11 heteroatoms. The zero-order valence-electron chi connectivity index (χ0n) is 21.6. The number of hydrogen-bond acceptors (Lipinski definition) is 8. The Hall–Kier alpha value is -4.15. The summed E-state index contributed by atoms with van der Waals surface area (Å²) in [6.07, 6.45) is -0.0567. The van der Waals surface area contributed by atoms with Crippen LogP contribution >= 0.6 is 45.9 Å². The number of hydrogen-bond donors (Lipinski definition) is 2. The van der Waals surface area contributed by atoms with Crippen LogP contribution in [0, 0.1) is 0 Å². The van der Waals surface area contributed by atoms with Gasteiger partial charge in [-0.25, -0.2) is 15.0 Å². The molecule has 42 heavy (non-hydrogen) atoms. The summed E-state index contributed by atoms with van der Waals surface area (Å²) in [5.74, 6) is 0.0575. The number of fused-ring (bicyclic) bond motifs is 1. The van der Waals surface area contributed by atoms with Crippen LogP contribution in [-0.2, 0) is 10.2 Å². The third-order valence-electron chi connectivity index (χ3n) is 7.32. The monoisotopic (exact) mass is 627 g/mol. The molecular formula is C31H19Cl2N5O2S2. The molecule has 1 aliphatic carbocycles. The molecule has 6 aromatic rings. The highest BCUT2D eigenvalue weighted by molar-refractivity contribution is 7.11. The molecule has 0 saturated heterocycles. The summed E-state index contributed by atoms with van der Waals surface area (Å²) >= 11 is 14.8. The lowest BCUT2D eigenvalue weighted by Crippen LogP contribution is -2.36. The summed E-state index contributed by atoms with van der Waals surface area (Å²) in [6.45, 7) is 0. The number of ketones is 1. The second-order valence-corrected chi connectivity index (χ2v) is 12.4. The van der Waals surface area contributed by atoms with E-state index in [1.807, 2.05) is 41.1 Å². The molecule has 0 fully saturated rings. The molecule has 0 aliphatic heterocycles. The number of nitrogens with zero attached hydrogens (tertiary/aromatic N) is 3. The maximum atomic E-state index is 13.9. The van der Waals surface area contributed by atoms with E-state index in [9.17, 15) is 9.59 Å². The third kappa shape index (κ3) is 4.37. The lowest BCUT2D eigenvalue weighted by atomic mass is 9.84. The summed E-state index contributed by atoms with van der Waals surface area (Å²) in [4.78, 5) is 44.6. The fourth-order valence-corrected chi connectivity index (χ4v) is 7.38. The van der Waals surface area contributed by atoms with Crippen LogP contribution in [0.5, 0.6) is 0 Å². The van der Waals surface area contributed by atoms with E-state index in [2.05, 4.69) is 4.98 Å². The number of nitrogens with two attached hydrogens (primary N) is 1. The molecule has 0 spiro atoms. The Bertz CT molecular complexity index is 2100. The van der Waals surface area contributed by atoms with Gasteiger partial charge in [0.25, 0.3) is 5.56 Å². The molecule has 3 heterocycles. The SMILES string of the molecule is NC1=C(c2nc(-c3ccc(Cl)cc3)cs2)C(=O)CC1(c1nc2ccccc2c(=O)[nH]1)c1nc(-c2ccc(Cl)cc2)cs1. The second kappa shape index (κ2) is 10.3. The number of carbonyl (C=O) groups is 1. The Kier molecular flexibility index (Phi) is 6.55. The fraction of sp³-hybridized carbons (Fsp3) is 0.0645. The molecule has 1 aliphatic rings. The minimum absolute atomic E-state index is 0.0567. The van der Waals surface area contributed by atoms with Gasteiger partial charge in [-0.2, -0.15) is 0 Å². The first-order valence-electron chi connectivity index (χ1n) is 12.8. The van der Waals surface area contributed by atoms with Gasteiger partial charge in [0.05, 0.1) is 27.9 Å². The highest BCUT2D eigenvalue weighted by Gasteiger charge is 2.52. The molecule has 0 radical (unpaired) electrons. The first kappa shape index (κ1) is 26.7. The van der Waals surface area contributed by atoms with Crippen LogP contribution in [-0.4, -0.2) is 25.7 Å². The molecule has 3 N–H and O–H groups in total. The van der Waals surface area contributed by atoms with E-state index in [1.165, 1.54) is 22.7 Å². The zero-order valence-corrected chi connectivity index (χ0v) is 24.7. The average molecular weight is 629 g/mol. The summed E-state index contributed by atoms with van der Waals surface area (Å²) in [6, 6.07) is 21.7. The van der Waals surface area contributed by atoms with Gasteiger partial charge < -0.3 is 10.7 Å². The number of H-pyrrole nitrogens is 1. The van der Waals surface area contributed by atoms with Crippen molar-refractivity contribution in [2.45, 2.75) is 11.8 Å². The van der Waals surface area contributed by atoms with Crippen molar-refractivity contribution in [2.24, 2.45) is 5.73 Å². The Morgan fingerprint density at radius 3 is 2.10 bits per heavy atom. The number of halogens is 2. The molecule has 7 nitrogen and oxygen atoms in total. The van der Waals surface area contributed by atoms with E-state index >= 15 is 0 Å². The van der Waals surface area contributed by atoms with Crippen molar-refractivity contribution in [1.82, 2.24) is 19.9 Å². The molecule has 1 atom stereocenters.